The molecule has 3 aromatic rings. The molecule has 0 aliphatic carbocycles. The lowest BCUT2D eigenvalue weighted by atomic mass is 9.90. The number of aliphatic hydroxyl groups is 3. The van der Waals surface area contributed by atoms with Crippen molar-refractivity contribution in [2.24, 2.45) is 0 Å². The van der Waals surface area contributed by atoms with E-state index in [-0.39, 0.29) is 11.3 Å². The van der Waals surface area contributed by atoms with Gasteiger partial charge in [0, 0.05) is 15.7 Å². The van der Waals surface area contributed by atoms with Crippen LogP contribution < -0.4 is 4.74 Å². The fourth-order valence-corrected chi connectivity index (χ4v) is 5.59. The van der Waals surface area contributed by atoms with Crippen LogP contribution in [0.3, 0.4) is 0 Å². The topological polar surface area (TPSA) is 116 Å². The van der Waals surface area contributed by atoms with Gasteiger partial charge >= 0.3 is 5.97 Å². The molecule has 1 heterocycles. The van der Waals surface area contributed by atoms with E-state index in [0.717, 1.165) is 16.9 Å². The highest BCUT2D eigenvalue weighted by molar-refractivity contribution is 7.99. The summed E-state index contributed by atoms with van der Waals surface area (Å²) in [7, 11) is 0. The van der Waals surface area contributed by atoms with Crippen LogP contribution in [-0.4, -0.2) is 63.2 Å². The Balaban J connectivity index is 1.52. The Labute approximate surface area is 224 Å². The second-order valence-electron chi connectivity index (χ2n) is 8.78. The molecule has 0 spiro atoms. The lowest BCUT2D eigenvalue weighted by Crippen LogP contribution is -2.54. The monoisotopic (exact) mass is 544 g/mol. The minimum atomic E-state index is -1.44. The molecule has 4 rings (SSSR count). The molecule has 3 unspecified atom stereocenters. The molecule has 0 aromatic heterocycles. The Hall–Kier alpha value is -2.59. The van der Waals surface area contributed by atoms with Gasteiger partial charge < -0.3 is 29.9 Å². The summed E-state index contributed by atoms with van der Waals surface area (Å²) in [5, 5.41) is 41.9. The van der Waals surface area contributed by atoms with Crippen molar-refractivity contribution < 1.29 is 34.7 Å². The van der Waals surface area contributed by atoms with E-state index in [2.05, 4.69) is 0 Å². The summed E-state index contributed by atoms with van der Waals surface area (Å²) in [5.41, 5.74) is 2.60. The third kappa shape index (κ3) is 6.46. The van der Waals surface area contributed by atoms with Crippen LogP contribution in [0.25, 0.3) is 0 Å². The number of aromatic carboxylic acids is 1. The van der Waals surface area contributed by atoms with Crippen LogP contribution in [0.1, 0.15) is 40.1 Å². The van der Waals surface area contributed by atoms with Crippen LogP contribution in [0.4, 0.5) is 0 Å². The molecule has 1 saturated heterocycles. The van der Waals surface area contributed by atoms with Gasteiger partial charge in [0.2, 0.25) is 0 Å². The maximum atomic E-state index is 11.5. The number of aliphatic hydroxyl groups excluding tert-OH is 3. The molecule has 37 heavy (non-hydrogen) atoms. The molecule has 5 atom stereocenters. The van der Waals surface area contributed by atoms with Crippen molar-refractivity contribution >= 4 is 29.3 Å². The molecule has 0 bridgehead atoms. The van der Waals surface area contributed by atoms with Crippen molar-refractivity contribution in [1.82, 2.24) is 0 Å². The second-order valence-corrected chi connectivity index (χ2v) is 10.3. The van der Waals surface area contributed by atoms with Gasteiger partial charge in [-0.05, 0) is 60.4 Å². The molecule has 0 radical (unpaired) electrons. The average Bonchev–Trinajstić information content (AvgIpc) is 2.90. The van der Waals surface area contributed by atoms with Gasteiger partial charge in [-0.15, -0.1) is 11.8 Å². The van der Waals surface area contributed by atoms with E-state index in [1.54, 1.807) is 30.3 Å². The van der Waals surface area contributed by atoms with E-state index in [1.807, 2.05) is 37.3 Å². The number of hydrogen-bond donors (Lipinski definition) is 4. The minimum absolute atomic E-state index is 0.145. The standard InChI is InChI=1S/C28H29ClO7S/c1-2-35-19-10-7-16(8-11-19)13-18-14-17(9-12-21(18)29)27-26(32)25(31)24(30)22(36-27)15-37-23-6-4-3-5-20(23)28(33)34/h3-12,14,22,24-27,30-32H,2,13,15H2,1H3,(H,33,34)/t22-,24?,25?,26?,27+/m1/s1. The molecular weight excluding hydrogens is 516 g/mol. The van der Waals surface area contributed by atoms with Crippen molar-refractivity contribution in [2.75, 3.05) is 12.4 Å². The Morgan fingerprint density at radius 2 is 1.73 bits per heavy atom. The fourth-order valence-electron chi connectivity index (χ4n) is 4.30. The number of carboxylic acid groups (broad SMARTS) is 1. The minimum Gasteiger partial charge on any atom is -0.494 e. The molecular formula is C28H29ClO7S. The number of carbonyl (C=O) groups is 1. The Bertz CT molecular complexity index is 1220. The largest absolute Gasteiger partial charge is 0.494 e. The Kier molecular flexibility index (Phi) is 9.13. The number of halogens is 1. The summed E-state index contributed by atoms with van der Waals surface area (Å²) < 4.78 is 11.6. The van der Waals surface area contributed by atoms with Crippen molar-refractivity contribution in [2.45, 2.75) is 48.8 Å². The lowest BCUT2D eigenvalue weighted by molar-refractivity contribution is -0.218. The van der Waals surface area contributed by atoms with E-state index in [1.165, 1.54) is 17.8 Å². The number of thioether (sulfide) groups is 1. The van der Waals surface area contributed by atoms with Gasteiger partial charge in [0.05, 0.1) is 18.3 Å². The van der Waals surface area contributed by atoms with Crippen LogP contribution in [-0.2, 0) is 11.2 Å². The SMILES string of the molecule is CCOc1ccc(Cc2cc([C@@H]3O[C@H](CSc4ccccc4C(=O)O)C(O)C(O)C3O)ccc2Cl)cc1. The van der Waals surface area contributed by atoms with Gasteiger partial charge in [0.1, 0.15) is 30.2 Å². The highest BCUT2D eigenvalue weighted by Gasteiger charge is 2.44. The molecule has 3 aromatic carbocycles. The zero-order valence-electron chi connectivity index (χ0n) is 20.2. The number of ether oxygens (including phenoxy) is 2. The maximum absolute atomic E-state index is 11.5. The number of carboxylic acids is 1. The molecule has 1 aliphatic heterocycles. The Morgan fingerprint density at radius 1 is 1.00 bits per heavy atom. The van der Waals surface area contributed by atoms with Gasteiger partial charge in [-0.3, -0.25) is 0 Å². The van der Waals surface area contributed by atoms with Crippen molar-refractivity contribution in [1.29, 1.82) is 0 Å². The molecule has 4 N–H and O–H groups in total. The summed E-state index contributed by atoms with van der Waals surface area (Å²) in [5.74, 6) is -0.0896. The van der Waals surface area contributed by atoms with Gasteiger partial charge in [0.25, 0.3) is 0 Å². The molecule has 0 amide bonds. The van der Waals surface area contributed by atoms with E-state index in [4.69, 9.17) is 21.1 Å². The van der Waals surface area contributed by atoms with Crippen LogP contribution in [0.15, 0.2) is 71.6 Å². The normalized spacial score (nSPS) is 23.5. The number of benzene rings is 3. The predicted octanol–water partition coefficient (Wildman–Crippen LogP) is 4.34. The van der Waals surface area contributed by atoms with Crippen molar-refractivity contribution in [3.05, 3.63) is 94.0 Å². The van der Waals surface area contributed by atoms with E-state index in [0.29, 0.717) is 28.5 Å². The summed E-state index contributed by atoms with van der Waals surface area (Å²) in [6, 6.07) is 19.6. The van der Waals surface area contributed by atoms with E-state index < -0.39 is 36.5 Å². The fraction of sp³-hybridized carbons (Fsp3) is 0.321. The third-order valence-electron chi connectivity index (χ3n) is 6.26. The Morgan fingerprint density at radius 3 is 2.43 bits per heavy atom. The molecule has 7 nitrogen and oxygen atoms in total. The predicted molar refractivity (Wildman–Crippen MR) is 142 cm³/mol. The van der Waals surface area contributed by atoms with Crippen molar-refractivity contribution in [3.8, 4) is 5.75 Å². The average molecular weight is 545 g/mol. The first-order chi connectivity index (χ1) is 17.8. The van der Waals surface area contributed by atoms with Gasteiger partial charge in [-0.1, -0.05) is 48.0 Å². The molecule has 1 fully saturated rings. The van der Waals surface area contributed by atoms with Crippen LogP contribution in [0, 0.1) is 0 Å². The summed E-state index contributed by atoms with van der Waals surface area (Å²) in [6.07, 6.45) is -5.36. The first-order valence-corrected chi connectivity index (χ1v) is 13.3. The van der Waals surface area contributed by atoms with Gasteiger partial charge in [0.15, 0.2) is 0 Å². The van der Waals surface area contributed by atoms with E-state index in [9.17, 15) is 25.2 Å². The zero-order chi connectivity index (χ0) is 26.5. The zero-order valence-corrected chi connectivity index (χ0v) is 21.7. The summed E-state index contributed by atoms with van der Waals surface area (Å²) in [6.45, 7) is 2.51. The molecule has 1 aliphatic rings. The first-order valence-electron chi connectivity index (χ1n) is 11.9. The van der Waals surface area contributed by atoms with Crippen LogP contribution >= 0.6 is 23.4 Å². The summed E-state index contributed by atoms with van der Waals surface area (Å²) in [4.78, 5) is 12.0. The van der Waals surface area contributed by atoms with Crippen molar-refractivity contribution in [3.63, 3.8) is 0 Å². The smallest absolute Gasteiger partial charge is 0.336 e. The van der Waals surface area contributed by atoms with Crippen LogP contribution in [0.5, 0.6) is 5.75 Å². The number of hydrogen-bond acceptors (Lipinski definition) is 7. The first kappa shape index (κ1) is 27.4. The highest BCUT2D eigenvalue weighted by Crippen LogP contribution is 2.36. The van der Waals surface area contributed by atoms with Gasteiger partial charge in [-0.2, -0.15) is 0 Å². The molecule has 9 heteroatoms. The quantitative estimate of drug-likeness (QED) is 0.294. The number of rotatable bonds is 9. The summed E-state index contributed by atoms with van der Waals surface area (Å²) >= 11 is 7.68. The third-order valence-corrected chi connectivity index (χ3v) is 7.79. The molecule has 0 saturated carbocycles. The van der Waals surface area contributed by atoms with Crippen LogP contribution in [0.2, 0.25) is 5.02 Å². The lowest BCUT2D eigenvalue weighted by Gasteiger charge is -2.41. The maximum Gasteiger partial charge on any atom is 0.336 e. The highest BCUT2D eigenvalue weighted by atomic mass is 35.5. The van der Waals surface area contributed by atoms with E-state index >= 15 is 0 Å². The molecule has 196 valence electrons. The van der Waals surface area contributed by atoms with Gasteiger partial charge in [-0.25, -0.2) is 4.79 Å². The second kappa shape index (κ2) is 12.3.